The van der Waals surface area contributed by atoms with Crippen molar-refractivity contribution in [2.45, 2.75) is 32.2 Å². The molecule has 152 valence electrons. The zero-order valence-corrected chi connectivity index (χ0v) is 16.2. The second-order valence-corrected chi connectivity index (χ2v) is 7.40. The molecular formula is C20H21F3N5O+. The molecule has 0 saturated carbocycles. The number of hydrogen-bond donors (Lipinski definition) is 3. The minimum Gasteiger partial charge on any atom is -0.379 e. The van der Waals surface area contributed by atoms with Crippen LogP contribution in [0.25, 0.3) is 0 Å². The largest absolute Gasteiger partial charge is 0.433 e. The third-order valence-electron chi connectivity index (χ3n) is 5.29. The maximum Gasteiger partial charge on any atom is 0.433 e. The Bertz CT molecular complexity index is 1070. The van der Waals surface area contributed by atoms with Crippen LogP contribution < -0.4 is 10.6 Å². The zero-order chi connectivity index (χ0) is 21.0. The van der Waals surface area contributed by atoms with Crippen molar-refractivity contribution in [3.05, 3.63) is 64.6 Å². The molecule has 6 nitrogen and oxygen atoms in total. The van der Waals surface area contributed by atoms with Crippen molar-refractivity contribution in [2.24, 2.45) is 7.05 Å². The van der Waals surface area contributed by atoms with E-state index in [0.717, 1.165) is 17.4 Å². The molecule has 3 aromatic rings. The van der Waals surface area contributed by atoms with Gasteiger partial charge in [0, 0.05) is 24.4 Å². The Hall–Kier alpha value is -2.91. The molecule has 29 heavy (non-hydrogen) atoms. The van der Waals surface area contributed by atoms with Gasteiger partial charge < -0.3 is 15.7 Å². The maximum atomic E-state index is 13.0. The van der Waals surface area contributed by atoms with Gasteiger partial charge in [-0.05, 0) is 43.7 Å². The first-order chi connectivity index (χ1) is 13.6. The van der Waals surface area contributed by atoms with Gasteiger partial charge in [0.25, 0.3) is 0 Å². The molecule has 1 atom stereocenters. The highest BCUT2D eigenvalue weighted by Crippen LogP contribution is 2.35. The maximum absolute atomic E-state index is 13.0. The lowest BCUT2D eigenvalue weighted by Gasteiger charge is -2.22. The summed E-state index contributed by atoms with van der Waals surface area (Å²) in [6.45, 7) is 4.00. The number of quaternary nitrogens is 1. The summed E-state index contributed by atoms with van der Waals surface area (Å²) < 4.78 is 40.7. The van der Waals surface area contributed by atoms with Crippen molar-refractivity contribution in [2.75, 3.05) is 5.32 Å². The molecule has 1 unspecified atom stereocenters. The van der Waals surface area contributed by atoms with Gasteiger partial charge in [-0.1, -0.05) is 6.07 Å². The topological polar surface area (TPSA) is 79.6 Å². The summed E-state index contributed by atoms with van der Waals surface area (Å²) >= 11 is 0. The number of alkyl halides is 3. The van der Waals surface area contributed by atoms with Crippen molar-refractivity contribution in [1.29, 1.82) is 0 Å². The average molecular weight is 404 g/mol. The SMILES string of the molecule is Cc1cc(C(C)(O)c2ccc3c(c2)[NH2+]Cc2ccc(C(F)(F)F)nc2N3)nn1C. The molecule has 3 heterocycles. The summed E-state index contributed by atoms with van der Waals surface area (Å²) in [6, 6.07) is 9.55. The number of benzene rings is 1. The molecule has 4 N–H and O–H groups in total. The fraction of sp³-hybridized carbons (Fsp3) is 0.300. The number of nitrogens with two attached hydrogens (primary N) is 1. The Balaban J connectivity index is 1.70. The van der Waals surface area contributed by atoms with E-state index in [9.17, 15) is 18.3 Å². The van der Waals surface area contributed by atoms with Gasteiger partial charge >= 0.3 is 6.18 Å². The molecule has 0 bridgehead atoms. The van der Waals surface area contributed by atoms with Crippen LogP contribution in [0.1, 0.15) is 35.1 Å². The second-order valence-electron chi connectivity index (χ2n) is 7.40. The van der Waals surface area contributed by atoms with Crippen LogP contribution in [0.5, 0.6) is 0 Å². The predicted molar refractivity (Wildman–Crippen MR) is 101 cm³/mol. The Morgan fingerprint density at radius 3 is 2.55 bits per heavy atom. The number of aromatic nitrogens is 3. The number of nitrogens with one attached hydrogen (secondary N) is 1. The minimum atomic E-state index is -4.50. The number of pyridine rings is 1. The average Bonchev–Trinajstić information content (AvgIpc) is 2.89. The molecule has 0 radical (unpaired) electrons. The molecule has 0 aliphatic carbocycles. The van der Waals surface area contributed by atoms with Crippen molar-refractivity contribution in [1.82, 2.24) is 14.8 Å². The molecule has 4 rings (SSSR count). The molecule has 0 saturated heterocycles. The molecule has 0 fully saturated rings. The summed E-state index contributed by atoms with van der Waals surface area (Å²) in [5, 5.41) is 20.4. The van der Waals surface area contributed by atoms with Crippen LogP contribution >= 0.6 is 0 Å². The molecule has 2 aromatic heterocycles. The Kier molecular flexibility index (Phi) is 4.39. The van der Waals surface area contributed by atoms with E-state index in [1.807, 2.05) is 31.4 Å². The zero-order valence-electron chi connectivity index (χ0n) is 16.2. The lowest BCUT2D eigenvalue weighted by molar-refractivity contribution is -0.587. The number of aryl methyl sites for hydroxylation is 2. The van der Waals surface area contributed by atoms with Crippen LogP contribution in [-0.2, 0) is 25.4 Å². The Morgan fingerprint density at radius 2 is 1.90 bits per heavy atom. The number of nitrogens with zero attached hydrogens (tertiary/aromatic N) is 3. The molecule has 9 heteroatoms. The lowest BCUT2D eigenvalue weighted by atomic mass is 9.91. The highest BCUT2D eigenvalue weighted by Gasteiger charge is 2.34. The first-order valence-corrected chi connectivity index (χ1v) is 9.11. The van der Waals surface area contributed by atoms with Crippen molar-refractivity contribution in [3.8, 4) is 0 Å². The monoisotopic (exact) mass is 404 g/mol. The van der Waals surface area contributed by atoms with Gasteiger partial charge in [-0.15, -0.1) is 0 Å². The van der Waals surface area contributed by atoms with Gasteiger partial charge in [-0.2, -0.15) is 18.3 Å². The van der Waals surface area contributed by atoms with Crippen molar-refractivity contribution < 1.29 is 23.6 Å². The summed E-state index contributed by atoms with van der Waals surface area (Å²) in [5.41, 5.74) is 1.93. The van der Waals surface area contributed by atoms with Gasteiger partial charge in [0.2, 0.25) is 0 Å². The van der Waals surface area contributed by atoms with E-state index in [1.165, 1.54) is 6.07 Å². The summed E-state index contributed by atoms with van der Waals surface area (Å²) in [4.78, 5) is 3.76. The number of rotatable bonds is 2. The van der Waals surface area contributed by atoms with E-state index in [0.29, 0.717) is 29.1 Å². The fourth-order valence-electron chi connectivity index (χ4n) is 3.36. The number of anilines is 2. The van der Waals surface area contributed by atoms with Crippen LogP contribution in [-0.4, -0.2) is 19.9 Å². The smallest absolute Gasteiger partial charge is 0.379 e. The molecule has 0 amide bonds. The number of halogens is 3. The molecule has 1 aromatic carbocycles. The summed E-state index contributed by atoms with van der Waals surface area (Å²) in [6.07, 6.45) is -4.50. The molecule has 0 spiro atoms. The lowest BCUT2D eigenvalue weighted by Crippen LogP contribution is -2.75. The predicted octanol–water partition coefficient (Wildman–Crippen LogP) is 2.85. The molecule has 1 aliphatic heterocycles. The fourth-order valence-corrected chi connectivity index (χ4v) is 3.36. The number of fused-ring (bicyclic) bond motifs is 2. The minimum absolute atomic E-state index is 0.190. The van der Waals surface area contributed by atoms with Crippen molar-refractivity contribution in [3.63, 3.8) is 0 Å². The highest BCUT2D eigenvalue weighted by molar-refractivity contribution is 5.71. The summed E-state index contributed by atoms with van der Waals surface area (Å²) in [5.74, 6) is 0.190. The number of hydrogen-bond acceptors (Lipinski definition) is 4. The van der Waals surface area contributed by atoms with Crippen LogP contribution in [0.4, 0.5) is 30.4 Å². The van der Waals surface area contributed by atoms with Gasteiger partial charge in [0.1, 0.15) is 29.3 Å². The van der Waals surface area contributed by atoms with Crippen LogP contribution in [0, 0.1) is 6.92 Å². The van der Waals surface area contributed by atoms with Gasteiger partial charge in [0.15, 0.2) is 5.69 Å². The van der Waals surface area contributed by atoms with Crippen LogP contribution in [0.15, 0.2) is 36.4 Å². The standard InChI is InChI=1S/C20H20F3N5O/c1-11-8-17(27-28(11)3)19(2,29)13-5-6-14-15(9-13)24-10-12-4-7-16(20(21,22)23)26-18(12)25-14/h4-9,24,29H,10H2,1-3H3,(H,25,26)/p+1. The number of aliphatic hydroxyl groups is 1. The normalized spacial score (nSPS) is 15.7. The van der Waals surface area contributed by atoms with E-state index in [1.54, 1.807) is 23.7 Å². The highest BCUT2D eigenvalue weighted by atomic mass is 19.4. The molecule has 1 aliphatic rings. The van der Waals surface area contributed by atoms with E-state index in [-0.39, 0.29) is 5.82 Å². The van der Waals surface area contributed by atoms with E-state index < -0.39 is 17.5 Å². The van der Waals surface area contributed by atoms with E-state index in [2.05, 4.69) is 15.4 Å². The van der Waals surface area contributed by atoms with Gasteiger partial charge in [-0.25, -0.2) is 4.98 Å². The van der Waals surface area contributed by atoms with Gasteiger partial charge in [0.05, 0.1) is 5.69 Å². The van der Waals surface area contributed by atoms with Gasteiger partial charge in [-0.3, -0.25) is 4.68 Å². The Labute approximate surface area is 165 Å². The first-order valence-electron chi connectivity index (χ1n) is 9.11. The quantitative estimate of drug-likeness (QED) is 0.574. The summed E-state index contributed by atoms with van der Waals surface area (Å²) in [7, 11) is 1.81. The third-order valence-corrected chi connectivity index (χ3v) is 5.29. The van der Waals surface area contributed by atoms with E-state index >= 15 is 0 Å². The first kappa shape index (κ1) is 19.4. The van der Waals surface area contributed by atoms with E-state index in [4.69, 9.17) is 0 Å². The second kappa shape index (κ2) is 6.57. The third kappa shape index (κ3) is 3.47. The molecular weight excluding hydrogens is 383 g/mol. The van der Waals surface area contributed by atoms with Crippen molar-refractivity contribution >= 4 is 17.2 Å². The van der Waals surface area contributed by atoms with Crippen LogP contribution in [0.2, 0.25) is 0 Å². The Morgan fingerprint density at radius 1 is 1.14 bits per heavy atom. The van der Waals surface area contributed by atoms with Crippen LogP contribution in [0.3, 0.4) is 0 Å².